The molecule has 0 heterocycles. The zero-order valence-corrected chi connectivity index (χ0v) is 21.2. The van der Waals surface area contributed by atoms with Gasteiger partial charge in [0.2, 0.25) is 10.0 Å². The summed E-state index contributed by atoms with van der Waals surface area (Å²) < 4.78 is 33.9. The minimum absolute atomic E-state index is 0.134. The van der Waals surface area contributed by atoms with Crippen molar-refractivity contribution in [2.45, 2.75) is 37.6 Å². The summed E-state index contributed by atoms with van der Waals surface area (Å²) in [4.78, 5) is 12.8. The Hall–Kier alpha value is -2.68. The van der Waals surface area contributed by atoms with E-state index < -0.39 is 15.6 Å². The summed E-state index contributed by atoms with van der Waals surface area (Å²) in [5.41, 5.74) is 1.55. The van der Waals surface area contributed by atoms with E-state index in [0.29, 0.717) is 28.1 Å². The van der Waals surface area contributed by atoms with Gasteiger partial charge in [0.05, 0.1) is 16.0 Å². The maximum absolute atomic E-state index is 12.6. The average Bonchev–Trinajstić information content (AvgIpc) is 2.74. The Bertz CT molecular complexity index is 1210. The monoisotopic (exact) mass is 530 g/mol. The van der Waals surface area contributed by atoms with E-state index in [9.17, 15) is 13.2 Å². The molecule has 0 aliphatic carbocycles. The van der Waals surface area contributed by atoms with Crippen molar-refractivity contribution in [1.29, 1.82) is 0 Å². The number of hydrogen-bond donors (Lipinski definition) is 2. The van der Waals surface area contributed by atoms with Crippen LogP contribution in [-0.4, -0.2) is 26.5 Å². The molecule has 0 aromatic heterocycles. The van der Waals surface area contributed by atoms with E-state index in [0.717, 1.165) is 6.42 Å². The second-order valence-electron chi connectivity index (χ2n) is 8.56. The lowest BCUT2D eigenvalue weighted by Gasteiger charge is -2.20. The molecule has 3 rings (SSSR count). The second-order valence-corrected chi connectivity index (χ2v) is 11.1. The van der Waals surface area contributed by atoms with Gasteiger partial charge >= 0.3 is 0 Å². The Labute approximate surface area is 203 Å². The first-order valence-corrected chi connectivity index (χ1v) is 12.7. The van der Waals surface area contributed by atoms with Crippen LogP contribution >= 0.6 is 15.9 Å². The van der Waals surface area contributed by atoms with Crippen LogP contribution in [0.5, 0.6) is 5.75 Å². The first-order chi connectivity index (χ1) is 15.5. The van der Waals surface area contributed by atoms with Crippen LogP contribution in [0.3, 0.4) is 0 Å². The van der Waals surface area contributed by atoms with E-state index in [1.54, 1.807) is 51.1 Å². The van der Waals surface area contributed by atoms with E-state index in [4.69, 9.17) is 4.74 Å². The molecule has 3 aromatic carbocycles. The number of rotatable bonds is 8. The van der Waals surface area contributed by atoms with Crippen molar-refractivity contribution >= 4 is 37.5 Å². The van der Waals surface area contributed by atoms with Crippen molar-refractivity contribution in [3.8, 4) is 5.75 Å². The third-order valence-corrected chi connectivity index (χ3v) is 6.94. The van der Waals surface area contributed by atoms with E-state index in [1.807, 2.05) is 18.2 Å². The Morgan fingerprint density at radius 2 is 1.64 bits per heavy atom. The highest BCUT2D eigenvalue weighted by Gasteiger charge is 2.22. The van der Waals surface area contributed by atoms with Crippen LogP contribution in [0.4, 0.5) is 5.69 Å². The molecule has 0 bridgehead atoms. The Morgan fingerprint density at radius 1 is 0.970 bits per heavy atom. The van der Waals surface area contributed by atoms with Gasteiger partial charge in [-0.1, -0.05) is 30.3 Å². The molecule has 174 valence electrons. The summed E-state index contributed by atoms with van der Waals surface area (Å²) in [6.07, 6.45) is 0.784. The number of amides is 1. The molecule has 0 aliphatic heterocycles. The summed E-state index contributed by atoms with van der Waals surface area (Å²) in [5, 5.41) is 2.78. The van der Waals surface area contributed by atoms with Gasteiger partial charge in [-0.05, 0) is 84.7 Å². The van der Waals surface area contributed by atoms with Gasteiger partial charge in [-0.2, -0.15) is 0 Å². The first kappa shape index (κ1) is 25.0. The van der Waals surface area contributed by atoms with Crippen LogP contribution in [0.1, 0.15) is 36.7 Å². The lowest BCUT2D eigenvalue weighted by molar-refractivity contribution is 0.102. The minimum atomic E-state index is -3.63. The molecule has 0 radical (unpaired) electrons. The molecule has 0 fully saturated rings. The number of benzene rings is 3. The van der Waals surface area contributed by atoms with Gasteiger partial charge in [0, 0.05) is 23.2 Å². The third kappa shape index (κ3) is 7.42. The smallest absolute Gasteiger partial charge is 0.255 e. The molecular weight excluding hydrogens is 504 g/mol. The number of halogens is 1. The SMILES string of the molecule is CC(C)(C)NS(=O)(=O)c1ccc(NC(=O)c2ccc(OCCc3ccccc3)c(Br)c2)cc1. The highest BCUT2D eigenvalue weighted by molar-refractivity contribution is 9.10. The first-order valence-electron chi connectivity index (χ1n) is 10.5. The van der Waals surface area contributed by atoms with Crippen LogP contribution < -0.4 is 14.8 Å². The summed E-state index contributed by atoms with van der Waals surface area (Å²) in [7, 11) is -3.63. The van der Waals surface area contributed by atoms with E-state index in [2.05, 4.69) is 38.1 Å². The fourth-order valence-electron chi connectivity index (χ4n) is 3.07. The predicted octanol–water partition coefficient (Wildman–Crippen LogP) is 5.40. The van der Waals surface area contributed by atoms with Crippen molar-refractivity contribution in [3.05, 3.63) is 88.4 Å². The maximum Gasteiger partial charge on any atom is 0.255 e. The molecule has 0 aliphatic rings. The fourth-order valence-corrected chi connectivity index (χ4v) is 4.98. The number of carbonyl (C=O) groups is 1. The number of sulfonamides is 1. The second kappa shape index (κ2) is 10.5. The average molecular weight is 531 g/mol. The van der Waals surface area contributed by atoms with Crippen molar-refractivity contribution in [2.75, 3.05) is 11.9 Å². The predicted molar refractivity (Wildman–Crippen MR) is 134 cm³/mol. The standard InChI is InChI=1S/C25H27BrN2O4S/c1-25(2,3)28-33(30,31)21-12-10-20(11-13-21)27-24(29)19-9-14-23(22(26)17-19)32-16-15-18-7-5-4-6-8-18/h4-14,17,28H,15-16H2,1-3H3,(H,27,29). The molecule has 0 saturated carbocycles. The lowest BCUT2D eigenvalue weighted by atomic mass is 10.1. The zero-order chi connectivity index (χ0) is 24.1. The van der Waals surface area contributed by atoms with Crippen LogP contribution in [0.2, 0.25) is 0 Å². The van der Waals surface area contributed by atoms with Crippen molar-refractivity contribution < 1.29 is 17.9 Å². The third-order valence-electron chi connectivity index (χ3n) is 4.55. The number of carbonyl (C=O) groups excluding carboxylic acids is 1. The largest absolute Gasteiger partial charge is 0.492 e. The van der Waals surface area contributed by atoms with Crippen molar-refractivity contribution in [3.63, 3.8) is 0 Å². The van der Waals surface area contributed by atoms with Gasteiger partial charge in [-0.3, -0.25) is 4.79 Å². The molecule has 33 heavy (non-hydrogen) atoms. The fraction of sp³-hybridized carbons (Fsp3) is 0.240. The molecule has 2 N–H and O–H groups in total. The highest BCUT2D eigenvalue weighted by atomic mass is 79.9. The van der Waals surface area contributed by atoms with Gasteiger partial charge < -0.3 is 10.1 Å². The summed E-state index contributed by atoms with van der Waals surface area (Å²) in [6.45, 7) is 5.85. The quantitative estimate of drug-likeness (QED) is 0.408. The number of nitrogens with one attached hydrogen (secondary N) is 2. The normalized spacial score (nSPS) is 11.8. The molecule has 6 nitrogen and oxygen atoms in total. The summed E-state index contributed by atoms with van der Waals surface area (Å²) in [5.74, 6) is 0.346. The topological polar surface area (TPSA) is 84.5 Å². The molecular formula is C25H27BrN2O4S. The van der Waals surface area contributed by atoms with Crippen LogP contribution in [-0.2, 0) is 16.4 Å². The zero-order valence-electron chi connectivity index (χ0n) is 18.8. The lowest BCUT2D eigenvalue weighted by Crippen LogP contribution is -2.40. The van der Waals surface area contributed by atoms with Gasteiger partial charge in [-0.15, -0.1) is 0 Å². The molecule has 1 amide bonds. The van der Waals surface area contributed by atoms with E-state index in [1.165, 1.54) is 17.7 Å². The molecule has 3 aromatic rings. The van der Waals surface area contributed by atoms with Gasteiger partial charge in [0.25, 0.3) is 5.91 Å². The molecule has 0 unspecified atom stereocenters. The Morgan fingerprint density at radius 3 is 2.24 bits per heavy atom. The van der Waals surface area contributed by atoms with Crippen molar-refractivity contribution in [1.82, 2.24) is 4.72 Å². The molecule has 8 heteroatoms. The van der Waals surface area contributed by atoms with E-state index in [-0.39, 0.29) is 10.8 Å². The van der Waals surface area contributed by atoms with Gasteiger partial charge in [0.15, 0.2) is 0 Å². The van der Waals surface area contributed by atoms with Crippen LogP contribution in [0, 0.1) is 0 Å². The molecule has 0 saturated heterocycles. The van der Waals surface area contributed by atoms with Gasteiger partial charge in [-0.25, -0.2) is 13.1 Å². The van der Waals surface area contributed by atoms with Crippen LogP contribution in [0.15, 0.2) is 82.2 Å². The highest BCUT2D eigenvalue weighted by Crippen LogP contribution is 2.27. The van der Waals surface area contributed by atoms with Crippen LogP contribution in [0.25, 0.3) is 0 Å². The molecule has 0 spiro atoms. The van der Waals surface area contributed by atoms with Crippen molar-refractivity contribution in [2.24, 2.45) is 0 Å². The summed E-state index contributed by atoms with van der Waals surface area (Å²) >= 11 is 3.46. The summed E-state index contributed by atoms with van der Waals surface area (Å²) in [6, 6.07) is 21.2. The molecule has 0 atom stereocenters. The number of hydrogen-bond acceptors (Lipinski definition) is 4. The Kier molecular flexibility index (Phi) is 7.94. The number of ether oxygens (including phenoxy) is 1. The van der Waals surface area contributed by atoms with Gasteiger partial charge in [0.1, 0.15) is 5.75 Å². The maximum atomic E-state index is 12.6. The number of anilines is 1. The minimum Gasteiger partial charge on any atom is -0.492 e. The van der Waals surface area contributed by atoms with E-state index >= 15 is 0 Å². The Balaban J connectivity index is 1.60.